The van der Waals surface area contributed by atoms with Crippen molar-refractivity contribution in [1.82, 2.24) is 10.2 Å². The Balaban J connectivity index is 2.01. The van der Waals surface area contributed by atoms with Gasteiger partial charge in [0.2, 0.25) is 0 Å². The minimum absolute atomic E-state index is 0.0550. The van der Waals surface area contributed by atoms with Gasteiger partial charge in [0.25, 0.3) is 5.91 Å². The van der Waals surface area contributed by atoms with Gasteiger partial charge in [-0.05, 0) is 23.8 Å². The molecule has 0 aliphatic heterocycles. The van der Waals surface area contributed by atoms with Gasteiger partial charge >= 0.3 is 5.97 Å². The number of aromatic nitrogens is 2. The van der Waals surface area contributed by atoms with Gasteiger partial charge in [-0.2, -0.15) is 5.10 Å². The van der Waals surface area contributed by atoms with Crippen molar-refractivity contribution < 1.29 is 14.7 Å². The zero-order valence-corrected chi connectivity index (χ0v) is 14.7. The summed E-state index contributed by atoms with van der Waals surface area (Å²) in [6.07, 6.45) is 0. The minimum Gasteiger partial charge on any atom is -0.481 e. The molecule has 1 aromatic carbocycles. The van der Waals surface area contributed by atoms with Gasteiger partial charge in [-0.25, -0.2) is 0 Å². The highest BCUT2D eigenvalue weighted by Crippen LogP contribution is 2.21. The first-order chi connectivity index (χ1) is 11.3. The summed E-state index contributed by atoms with van der Waals surface area (Å²) in [5.41, 5.74) is 2.74. The molecule has 6 nitrogen and oxygen atoms in total. The SMILES string of the molecule is CC(C)(C)c1cc(C(=O)Nc2cccc(CSCC(=O)O)c2)n[nH]1. The number of amides is 1. The molecule has 1 aromatic heterocycles. The molecule has 0 saturated heterocycles. The Hall–Kier alpha value is -2.28. The summed E-state index contributed by atoms with van der Waals surface area (Å²) in [7, 11) is 0. The Kier molecular flexibility index (Phi) is 5.66. The van der Waals surface area contributed by atoms with Crippen LogP contribution in [0.15, 0.2) is 30.3 Å². The third-order valence-electron chi connectivity index (χ3n) is 3.30. The van der Waals surface area contributed by atoms with Crippen LogP contribution in [0.2, 0.25) is 0 Å². The van der Waals surface area contributed by atoms with Gasteiger partial charge in [0.1, 0.15) is 0 Å². The summed E-state index contributed by atoms with van der Waals surface area (Å²) in [5.74, 6) is -0.485. The molecule has 0 aliphatic rings. The standard InChI is InChI=1S/C17H21N3O3S/c1-17(2,3)14-8-13(19-20-14)16(23)18-12-6-4-5-11(7-12)9-24-10-15(21)22/h4-8H,9-10H2,1-3H3,(H,18,23)(H,19,20)(H,21,22). The molecule has 0 spiro atoms. The minimum atomic E-state index is -0.836. The summed E-state index contributed by atoms with van der Waals surface area (Å²) < 4.78 is 0. The van der Waals surface area contributed by atoms with E-state index in [0.717, 1.165) is 11.3 Å². The predicted octanol–water partition coefficient (Wildman–Crippen LogP) is 3.28. The van der Waals surface area contributed by atoms with Crippen LogP contribution in [0.1, 0.15) is 42.5 Å². The number of aliphatic carboxylic acids is 1. The Labute approximate surface area is 145 Å². The van der Waals surface area contributed by atoms with E-state index in [1.54, 1.807) is 12.1 Å². The first-order valence-corrected chi connectivity index (χ1v) is 8.67. The number of H-pyrrole nitrogens is 1. The highest BCUT2D eigenvalue weighted by atomic mass is 32.2. The van der Waals surface area contributed by atoms with E-state index in [-0.39, 0.29) is 17.1 Å². The van der Waals surface area contributed by atoms with Crippen molar-refractivity contribution in [1.29, 1.82) is 0 Å². The van der Waals surface area contributed by atoms with E-state index in [9.17, 15) is 9.59 Å². The molecule has 2 aromatic rings. The molecular formula is C17H21N3O3S. The number of aromatic amines is 1. The van der Waals surface area contributed by atoms with Crippen LogP contribution in [0.4, 0.5) is 5.69 Å². The van der Waals surface area contributed by atoms with Gasteiger partial charge < -0.3 is 10.4 Å². The average molecular weight is 347 g/mol. The summed E-state index contributed by atoms with van der Waals surface area (Å²) >= 11 is 1.31. The van der Waals surface area contributed by atoms with Crippen LogP contribution >= 0.6 is 11.8 Å². The Morgan fingerprint density at radius 2 is 2.04 bits per heavy atom. The van der Waals surface area contributed by atoms with Crippen LogP contribution in [0, 0.1) is 0 Å². The Bertz CT molecular complexity index is 735. The second-order valence-electron chi connectivity index (χ2n) is 6.46. The van der Waals surface area contributed by atoms with Crippen LogP contribution in [-0.4, -0.2) is 32.9 Å². The maximum Gasteiger partial charge on any atom is 0.313 e. The average Bonchev–Trinajstić information content (AvgIpc) is 2.97. The predicted molar refractivity (Wildman–Crippen MR) is 95.5 cm³/mol. The Morgan fingerprint density at radius 3 is 2.67 bits per heavy atom. The van der Waals surface area contributed by atoms with Crippen LogP contribution < -0.4 is 5.32 Å². The highest BCUT2D eigenvalue weighted by Gasteiger charge is 2.19. The number of nitrogens with zero attached hydrogens (tertiary/aromatic N) is 1. The molecule has 0 aliphatic carbocycles. The number of thioether (sulfide) groups is 1. The lowest BCUT2D eigenvalue weighted by Gasteiger charge is -2.14. The molecule has 1 heterocycles. The van der Waals surface area contributed by atoms with Crippen LogP contribution in [-0.2, 0) is 16.0 Å². The van der Waals surface area contributed by atoms with E-state index in [0.29, 0.717) is 17.1 Å². The lowest BCUT2D eigenvalue weighted by atomic mass is 9.92. The number of anilines is 1. The van der Waals surface area contributed by atoms with Gasteiger partial charge in [-0.15, -0.1) is 11.8 Å². The van der Waals surface area contributed by atoms with Crippen LogP contribution in [0.25, 0.3) is 0 Å². The fourth-order valence-electron chi connectivity index (χ4n) is 2.01. The third kappa shape index (κ3) is 5.13. The number of carboxylic acid groups (broad SMARTS) is 1. The van der Waals surface area contributed by atoms with Gasteiger partial charge in [-0.1, -0.05) is 32.9 Å². The van der Waals surface area contributed by atoms with E-state index in [1.165, 1.54) is 11.8 Å². The largest absolute Gasteiger partial charge is 0.481 e. The fourth-order valence-corrected chi connectivity index (χ4v) is 2.70. The third-order valence-corrected chi connectivity index (χ3v) is 4.29. The van der Waals surface area contributed by atoms with E-state index in [1.807, 2.05) is 39.0 Å². The van der Waals surface area contributed by atoms with Crippen molar-refractivity contribution in [2.45, 2.75) is 31.9 Å². The van der Waals surface area contributed by atoms with Gasteiger partial charge in [0, 0.05) is 22.5 Å². The zero-order valence-electron chi connectivity index (χ0n) is 13.9. The second kappa shape index (κ2) is 7.53. The summed E-state index contributed by atoms with van der Waals surface area (Å²) in [6.45, 7) is 6.13. The first-order valence-electron chi connectivity index (χ1n) is 7.51. The first kappa shape index (κ1) is 18.1. The van der Waals surface area contributed by atoms with E-state index in [2.05, 4.69) is 15.5 Å². The molecule has 2 rings (SSSR count). The van der Waals surface area contributed by atoms with Gasteiger partial charge in [0.05, 0.1) is 5.75 Å². The van der Waals surface area contributed by atoms with E-state index < -0.39 is 5.97 Å². The molecule has 128 valence electrons. The molecule has 7 heteroatoms. The Morgan fingerprint density at radius 1 is 1.29 bits per heavy atom. The number of rotatable bonds is 6. The topological polar surface area (TPSA) is 95.1 Å². The molecule has 24 heavy (non-hydrogen) atoms. The normalized spacial score (nSPS) is 11.3. The smallest absolute Gasteiger partial charge is 0.313 e. The lowest BCUT2D eigenvalue weighted by molar-refractivity contribution is -0.133. The lowest BCUT2D eigenvalue weighted by Crippen LogP contribution is -2.13. The molecule has 3 N–H and O–H groups in total. The van der Waals surface area contributed by atoms with Gasteiger partial charge in [-0.3, -0.25) is 14.7 Å². The molecule has 0 saturated carbocycles. The summed E-state index contributed by atoms with van der Waals surface area (Å²) in [5, 5.41) is 18.4. The summed E-state index contributed by atoms with van der Waals surface area (Å²) in [4.78, 5) is 22.8. The number of carbonyl (C=O) groups excluding carboxylic acids is 1. The highest BCUT2D eigenvalue weighted by molar-refractivity contribution is 7.99. The second-order valence-corrected chi connectivity index (χ2v) is 7.44. The number of carboxylic acids is 1. The number of nitrogens with one attached hydrogen (secondary N) is 2. The number of carbonyl (C=O) groups is 2. The van der Waals surface area contributed by atoms with E-state index in [4.69, 9.17) is 5.11 Å². The van der Waals surface area contributed by atoms with Crippen LogP contribution in [0.3, 0.4) is 0 Å². The van der Waals surface area contributed by atoms with Crippen molar-refractivity contribution in [2.75, 3.05) is 11.1 Å². The maximum atomic E-state index is 12.3. The zero-order chi connectivity index (χ0) is 17.7. The number of hydrogen-bond donors (Lipinski definition) is 3. The fraction of sp³-hybridized carbons (Fsp3) is 0.353. The molecule has 1 amide bonds. The van der Waals surface area contributed by atoms with Crippen molar-refractivity contribution >= 4 is 29.3 Å². The molecule has 0 unspecified atom stereocenters. The van der Waals surface area contributed by atoms with E-state index >= 15 is 0 Å². The monoisotopic (exact) mass is 347 g/mol. The number of benzene rings is 1. The number of hydrogen-bond acceptors (Lipinski definition) is 4. The maximum absolute atomic E-state index is 12.3. The van der Waals surface area contributed by atoms with Crippen molar-refractivity contribution in [3.8, 4) is 0 Å². The quantitative estimate of drug-likeness (QED) is 0.745. The van der Waals surface area contributed by atoms with Crippen molar-refractivity contribution in [2.24, 2.45) is 0 Å². The molecular weight excluding hydrogens is 326 g/mol. The van der Waals surface area contributed by atoms with Gasteiger partial charge in [0.15, 0.2) is 5.69 Å². The van der Waals surface area contributed by atoms with Crippen molar-refractivity contribution in [3.63, 3.8) is 0 Å². The molecule has 0 fully saturated rings. The molecule has 0 radical (unpaired) electrons. The van der Waals surface area contributed by atoms with Crippen molar-refractivity contribution in [3.05, 3.63) is 47.3 Å². The summed E-state index contributed by atoms with van der Waals surface area (Å²) in [6, 6.07) is 9.11. The molecule has 0 bridgehead atoms. The molecule has 0 atom stereocenters. The van der Waals surface area contributed by atoms with Crippen LogP contribution in [0.5, 0.6) is 0 Å².